The van der Waals surface area contributed by atoms with Gasteiger partial charge in [0.2, 0.25) is 0 Å². The van der Waals surface area contributed by atoms with Crippen LogP contribution in [0.2, 0.25) is 0 Å². The molecule has 0 bridgehead atoms. The van der Waals surface area contributed by atoms with E-state index in [9.17, 15) is 0 Å². The topological polar surface area (TPSA) is 3.24 Å². The fourth-order valence-electron chi connectivity index (χ4n) is 5.77. The highest BCUT2D eigenvalue weighted by Gasteiger charge is 2.14. The molecule has 0 spiro atoms. The Kier molecular flexibility index (Phi) is 6.61. The summed E-state index contributed by atoms with van der Waals surface area (Å²) in [5.74, 6) is 0. The Labute approximate surface area is 241 Å². The molecule has 0 amide bonds. The van der Waals surface area contributed by atoms with Gasteiger partial charge in [-0.2, -0.15) is 0 Å². The normalized spacial score (nSPS) is 11.3. The summed E-state index contributed by atoms with van der Waals surface area (Å²) < 4.78 is 0. The van der Waals surface area contributed by atoms with Gasteiger partial charge in [-0.15, -0.1) is 0 Å². The second-order valence-corrected chi connectivity index (χ2v) is 10.2. The van der Waals surface area contributed by atoms with Crippen LogP contribution in [0.15, 0.2) is 164 Å². The molecule has 0 aliphatic carbocycles. The van der Waals surface area contributed by atoms with E-state index in [-0.39, 0.29) is 0 Å². The van der Waals surface area contributed by atoms with Crippen molar-refractivity contribution in [2.75, 3.05) is 4.90 Å². The molecule has 0 saturated carbocycles. The zero-order valence-corrected chi connectivity index (χ0v) is 22.7. The third-order valence-corrected chi connectivity index (χ3v) is 7.66. The molecule has 0 saturated heterocycles. The van der Waals surface area contributed by atoms with E-state index in [0.717, 1.165) is 22.6 Å². The molecule has 7 aromatic rings. The number of benzene rings is 7. The third-order valence-electron chi connectivity index (χ3n) is 7.66. The minimum absolute atomic E-state index is 1.13. The summed E-state index contributed by atoms with van der Waals surface area (Å²) in [6.45, 7) is 0. The number of hydrogen-bond acceptors (Lipinski definition) is 1. The molecule has 0 radical (unpaired) electrons. The highest BCUT2D eigenvalue weighted by molar-refractivity contribution is 6.18. The number of rotatable bonds is 6. The maximum Gasteiger partial charge on any atom is 0.0462 e. The summed E-state index contributed by atoms with van der Waals surface area (Å²) >= 11 is 0. The van der Waals surface area contributed by atoms with Crippen LogP contribution in [0.25, 0.3) is 44.8 Å². The second-order valence-electron chi connectivity index (χ2n) is 10.2. The van der Waals surface area contributed by atoms with Gasteiger partial charge in [0.1, 0.15) is 0 Å². The van der Waals surface area contributed by atoms with E-state index < -0.39 is 0 Å². The summed E-state index contributed by atoms with van der Waals surface area (Å²) in [5, 5.41) is 5.07. The van der Waals surface area contributed by atoms with E-state index in [1.165, 1.54) is 38.2 Å². The lowest BCUT2D eigenvalue weighted by Crippen LogP contribution is -2.09. The van der Waals surface area contributed by atoms with Crippen LogP contribution in [0.1, 0.15) is 11.1 Å². The van der Waals surface area contributed by atoms with Crippen molar-refractivity contribution in [2.24, 2.45) is 0 Å². The van der Waals surface area contributed by atoms with Gasteiger partial charge >= 0.3 is 0 Å². The first-order valence-electron chi connectivity index (χ1n) is 14.0. The minimum Gasteiger partial charge on any atom is -0.311 e. The quantitative estimate of drug-likeness (QED) is 0.155. The highest BCUT2D eigenvalue weighted by atomic mass is 15.1. The van der Waals surface area contributed by atoms with Crippen molar-refractivity contribution in [1.82, 2.24) is 0 Å². The Morgan fingerprint density at radius 2 is 0.756 bits per heavy atom. The lowest BCUT2D eigenvalue weighted by molar-refractivity contribution is 1.28. The van der Waals surface area contributed by atoms with Crippen LogP contribution in [0.3, 0.4) is 0 Å². The first-order chi connectivity index (χ1) is 20.4. The van der Waals surface area contributed by atoms with Crippen molar-refractivity contribution < 1.29 is 0 Å². The smallest absolute Gasteiger partial charge is 0.0462 e. The lowest BCUT2D eigenvalue weighted by atomic mass is 9.88. The maximum absolute atomic E-state index is 2.29. The first kappa shape index (κ1) is 24.6. The van der Waals surface area contributed by atoms with Gasteiger partial charge in [-0.1, -0.05) is 140 Å². The number of nitrogens with zero attached hydrogens (tertiary/aromatic N) is 1. The number of hydrogen-bond donors (Lipinski definition) is 0. The predicted molar refractivity (Wildman–Crippen MR) is 177 cm³/mol. The molecule has 0 unspecified atom stereocenters. The van der Waals surface area contributed by atoms with Crippen LogP contribution >= 0.6 is 0 Å². The summed E-state index contributed by atoms with van der Waals surface area (Å²) in [7, 11) is 0. The average molecular weight is 524 g/mol. The van der Waals surface area contributed by atoms with Gasteiger partial charge < -0.3 is 4.90 Å². The zero-order valence-electron chi connectivity index (χ0n) is 22.7. The largest absolute Gasteiger partial charge is 0.311 e. The standard InChI is InChI=1S/C40H29N/c1-4-14-31(15-5-1)40-38-22-12-10-20-35(38)37(36-21-11-13-23-39(36)40)29-26-30-24-27-34(28-25-30)41(32-16-6-2-7-17-32)33-18-8-3-9-19-33/h1-29H/b29-26+. The van der Waals surface area contributed by atoms with Gasteiger partial charge in [0.25, 0.3) is 0 Å². The molecule has 0 atom stereocenters. The van der Waals surface area contributed by atoms with Crippen molar-refractivity contribution in [1.29, 1.82) is 0 Å². The molecule has 7 rings (SSSR count). The van der Waals surface area contributed by atoms with Gasteiger partial charge in [-0.3, -0.25) is 0 Å². The van der Waals surface area contributed by atoms with Crippen LogP contribution in [0, 0.1) is 0 Å². The molecular formula is C40H29N. The van der Waals surface area contributed by atoms with Gasteiger partial charge in [0.15, 0.2) is 0 Å². The van der Waals surface area contributed by atoms with E-state index in [1.807, 2.05) is 0 Å². The molecule has 0 aliphatic rings. The number of fused-ring (bicyclic) bond motifs is 2. The molecule has 0 N–H and O–H groups in total. The van der Waals surface area contributed by atoms with Crippen LogP contribution in [0.4, 0.5) is 17.1 Å². The lowest BCUT2D eigenvalue weighted by Gasteiger charge is -2.25. The van der Waals surface area contributed by atoms with Crippen LogP contribution < -0.4 is 4.90 Å². The van der Waals surface area contributed by atoms with Gasteiger partial charge in [0.05, 0.1) is 0 Å². The van der Waals surface area contributed by atoms with Gasteiger partial charge in [0, 0.05) is 17.1 Å². The Bertz CT molecular complexity index is 1860. The van der Waals surface area contributed by atoms with Crippen molar-refractivity contribution in [3.8, 4) is 11.1 Å². The first-order valence-corrected chi connectivity index (χ1v) is 14.0. The molecule has 7 aromatic carbocycles. The van der Waals surface area contributed by atoms with Gasteiger partial charge in [-0.05, 0) is 80.2 Å². The van der Waals surface area contributed by atoms with Crippen LogP contribution in [-0.4, -0.2) is 0 Å². The zero-order chi connectivity index (χ0) is 27.4. The third kappa shape index (κ3) is 4.79. The monoisotopic (exact) mass is 523 g/mol. The summed E-state index contributed by atoms with van der Waals surface area (Å²) in [6, 6.07) is 58.1. The Balaban J connectivity index is 1.31. The molecule has 41 heavy (non-hydrogen) atoms. The molecule has 1 nitrogen and oxygen atoms in total. The average Bonchev–Trinajstić information content (AvgIpc) is 3.05. The van der Waals surface area contributed by atoms with Crippen LogP contribution in [-0.2, 0) is 0 Å². The van der Waals surface area contributed by atoms with Crippen LogP contribution in [0.5, 0.6) is 0 Å². The van der Waals surface area contributed by atoms with E-state index in [0.29, 0.717) is 0 Å². The van der Waals surface area contributed by atoms with E-state index in [1.54, 1.807) is 0 Å². The summed E-state index contributed by atoms with van der Waals surface area (Å²) in [6.07, 6.45) is 4.51. The fraction of sp³-hybridized carbons (Fsp3) is 0. The van der Waals surface area contributed by atoms with Crippen molar-refractivity contribution in [2.45, 2.75) is 0 Å². The maximum atomic E-state index is 2.29. The Morgan fingerprint density at radius 1 is 0.341 bits per heavy atom. The Hall–Kier alpha value is -5.40. The molecule has 0 aromatic heterocycles. The van der Waals surface area contributed by atoms with Gasteiger partial charge in [-0.25, -0.2) is 0 Å². The minimum atomic E-state index is 1.13. The second kappa shape index (κ2) is 11.0. The molecule has 0 heterocycles. The summed E-state index contributed by atoms with van der Waals surface area (Å²) in [5.41, 5.74) is 8.34. The fourth-order valence-corrected chi connectivity index (χ4v) is 5.77. The van der Waals surface area contributed by atoms with Crippen molar-refractivity contribution in [3.05, 3.63) is 175 Å². The molecule has 194 valence electrons. The van der Waals surface area contributed by atoms with E-state index >= 15 is 0 Å². The Morgan fingerprint density at radius 3 is 1.27 bits per heavy atom. The van der Waals surface area contributed by atoms with E-state index in [2.05, 4.69) is 181 Å². The van der Waals surface area contributed by atoms with E-state index in [4.69, 9.17) is 0 Å². The highest BCUT2D eigenvalue weighted by Crippen LogP contribution is 2.40. The number of para-hydroxylation sites is 2. The number of anilines is 3. The molecule has 1 heteroatoms. The van der Waals surface area contributed by atoms with Crippen molar-refractivity contribution in [3.63, 3.8) is 0 Å². The molecule has 0 aliphatic heterocycles. The molecule has 0 fully saturated rings. The van der Waals surface area contributed by atoms with Crippen molar-refractivity contribution >= 4 is 50.8 Å². The SMILES string of the molecule is C(=C\c1c2ccccc2c(-c2ccccc2)c2ccccc12)/c1ccc(N(c2ccccc2)c2ccccc2)cc1. The summed E-state index contributed by atoms with van der Waals surface area (Å²) in [4.78, 5) is 2.29. The molecular weight excluding hydrogens is 494 g/mol. The predicted octanol–water partition coefficient (Wildman–Crippen LogP) is 11.3.